The molecule has 1 fully saturated rings. The minimum atomic E-state index is -0.238. The van der Waals surface area contributed by atoms with Gasteiger partial charge in [-0.1, -0.05) is 0 Å². The average Bonchev–Trinajstić information content (AvgIpc) is 2.77. The predicted octanol–water partition coefficient (Wildman–Crippen LogP) is 2.45. The lowest BCUT2D eigenvalue weighted by Crippen LogP contribution is -2.39. The monoisotopic (exact) mass is 306 g/mol. The van der Waals surface area contributed by atoms with Crippen LogP contribution in [0.2, 0.25) is 0 Å². The van der Waals surface area contributed by atoms with Gasteiger partial charge >= 0.3 is 0 Å². The van der Waals surface area contributed by atoms with Crippen LogP contribution in [0.3, 0.4) is 0 Å². The maximum Gasteiger partial charge on any atom is 0.234 e. The number of benzene rings is 1. The van der Waals surface area contributed by atoms with Crippen LogP contribution in [0, 0.1) is 0 Å². The molecule has 4 nitrogen and oxygen atoms in total. The molecular formula is C13H11BrN2O2. The third-order valence-corrected chi connectivity index (χ3v) is 3.90. The molecule has 0 spiro atoms. The van der Waals surface area contributed by atoms with Gasteiger partial charge in [0.25, 0.3) is 0 Å². The topological polar surface area (TPSA) is 62.0 Å². The first-order chi connectivity index (χ1) is 8.65. The summed E-state index contributed by atoms with van der Waals surface area (Å²) in [6.07, 6.45) is 2.84. The lowest BCUT2D eigenvalue weighted by molar-refractivity contribution is -0.134. The summed E-state index contributed by atoms with van der Waals surface area (Å²) in [4.78, 5) is 26.1. The van der Waals surface area contributed by atoms with Crippen LogP contribution in [0.1, 0.15) is 24.3 Å². The van der Waals surface area contributed by atoms with Crippen molar-refractivity contribution in [2.75, 3.05) is 0 Å². The number of nitrogens with one attached hydrogen (secondary N) is 2. The summed E-state index contributed by atoms with van der Waals surface area (Å²) in [6.45, 7) is 0. The summed E-state index contributed by atoms with van der Waals surface area (Å²) in [7, 11) is 0. The Morgan fingerprint density at radius 3 is 2.89 bits per heavy atom. The van der Waals surface area contributed by atoms with Crippen molar-refractivity contribution in [2.45, 2.75) is 18.8 Å². The van der Waals surface area contributed by atoms with Crippen LogP contribution in [-0.2, 0) is 9.59 Å². The number of carbonyl (C=O) groups excluding carboxylic acids is 2. The highest BCUT2D eigenvalue weighted by atomic mass is 79.9. The van der Waals surface area contributed by atoms with E-state index >= 15 is 0 Å². The van der Waals surface area contributed by atoms with Crippen LogP contribution < -0.4 is 5.32 Å². The number of hydrogen-bond acceptors (Lipinski definition) is 2. The van der Waals surface area contributed by atoms with E-state index in [1.807, 2.05) is 24.4 Å². The molecule has 1 unspecified atom stereocenters. The first-order valence-corrected chi connectivity index (χ1v) is 6.54. The second kappa shape index (κ2) is 4.24. The van der Waals surface area contributed by atoms with Crippen molar-refractivity contribution < 1.29 is 9.59 Å². The Balaban J connectivity index is 2.03. The zero-order valence-corrected chi connectivity index (χ0v) is 11.1. The van der Waals surface area contributed by atoms with Gasteiger partial charge in [-0.3, -0.25) is 14.9 Å². The highest BCUT2D eigenvalue weighted by Gasteiger charge is 2.28. The number of imide groups is 1. The smallest absolute Gasteiger partial charge is 0.234 e. The molecule has 2 heterocycles. The van der Waals surface area contributed by atoms with Crippen LogP contribution in [0.25, 0.3) is 10.9 Å². The molecule has 0 saturated carbocycles. The van der Waals surface area contributed by atoms with Crippen LogP contribution in [-0.4, -0.2) is 16.8 Å². The Kier molecular flexibility index (Phi) is 2.70. The zero-order valence-electron chi connectivity index (χ0n) is 9.50. The number of aromatic amines is 1. The molecule has 1 saturated heterocycles. The summed E-state index contributed by atoms with van der Waals surface area (Å²) in [5.74, 6) is -0.621. The summed E-state index contributed by atoms with van der Waals surface area (Å²) in [5, 5.41) is 3.45. The van der Waals surface area contributed by atoms with Crippen molar-refractivity contribution in [3.8, 4) is 0 Å². The molecule has 1 atom stereocenters. The molecule has 1 aromatic heterocycles. The highest BCUT2D eigenvalue weighted by Crippen LogP contribution is 2.31. The standard InChI is InChI=1S/C13H11BrN2O2/c14-10-6-8(5-7-3-4-15-12(7)10)9-1-2-11(17)16-13(9)18/h3-6,9,15H,1-2H2,(H,16,17,18). The van der Waals surface area contributed by atoms with Gasteiger partial charge in [0.1, 0.15) is 0 Å². The molecule has 2 aromatic rings. The van der Waals surface area contributed by atoms with E-state index in [0.29, 0.717) is 12.8 Å². The van der Waals surface area contributed by atoms with Crippen molar-refractivity contribution in [1.29, 1.82) is 0 Å². The van der Waals surface area contributed by atoms with Crippen LogP contribution >= 0.6 is 15.9 Å². The van der Waals surface area contributed by atoms with Gasteiger partial charge in [-0.2, -0.15) is 0 Å². The number of halogens is 1. The van der Waals surface area contributed by atoms with Crippen molar-refractivity contribution in [3.63, 3.8) is 0 Å². The second-order valence-electron chi connectivity index (χ2n) is 4.45. The van der Waals surface area contributed by atoms with Crippen LogP contribution in [0.4, 0.5) is 0 Å². The van der Waals surface area contributed by atoms with Gasteiger partial charge in [0, 0.05) is 22.5 Å². The SMILES string of the molecule is O=C1CCC(c2cc(Br)c3[nH]ccc3c2)C(=O)N1. The van der Waals surface area contributed by atoms with Gasteiger partial charge in [0.05, 0.1) is 11.4 Å². The molecule has 0 aliphatic carbocycles. The number of rotatable bonds is 1. The summed E-state index contributed by atoms with van der Waals surface area (Å²) < 4.78 is 0.935. The summed E-state index contributed by atoms with van der Waals surface area (Å²) in [5.41, 5.74) is 1.96. The van der Waals surface area contributed by atoms with E-state index in [1.54, 1.807) is 0 Å². The Morgan fingerprint density at radius 2 is 2.11 bits per heavy atom. The Hall–Kier alpha value is -1.62. The molecule has 5 heteroatoms. The Labute approximate surface area is 112 Å². The minimum Gasteiger partial charge on any atom is -0.360 e. The molecule has 1 aliphatic rings. The van der Waals surface area contributed by atoms with Gasteiger partial charge in [-0.05, 0) is 46.1 Å². The van der Waals surface area contributed by atoms with E-state index in [9.17, 15) is 9.59 Å². The predicted molar refractivity (Wildman–Crippen MR) is 71.1 cm³/mol. The minimum absolute atomic E-state index is 0.182. The maximum atomic E-state index is 11.8. The van der Waals surface area contributed by atoms with E-state index < -0.39 is 0 Å². The Morgan fingerprint density at radius 1 is 1.28 bits per heavy atom. The molecule has 18 heavy (non-hydrogen) atoms. The summed E-state index contributed by atoms with van der Waals surface area (Å²) in [6, 6.07) is 5.91. The Bertz CT molecular complexity index is 647. The number of fused-ring (bicyclic) bond motifs is 1. The van der Waals surface area contributed by atoms with Gasteiger partial charge in [-0.25, -0.2) is 0 Å². The van der Waals surface area contributed by atoms with Crippen molar-refractivity contribution in [1.82, 2.24) is 10.3 Å². The fourth-order valence-corrected chi connectivity index (χ4v) is 2.97. The number of aromatic nitrogens is 1. The molecule has 0 bridgehead atoms. The molecule has 92 valence electrons. The molecule has 1 aromatic carbocycles. The molecule has 0 radical (unpaired) electrons. The molecule has 1 aliphatic heterocycles. The average molecular weight is 307 g/mol. The fourth-order valence-electron chi connectivity index (χ4n) is 2.36. The third kappa shape index (κ3) is 1.84. The molecule has 2 amide bonds. The molecular weight excluding hydrogens is 296 g/mol. The fraction of sp³-hybridized carbons (Fsp3) is 0.231. The lowest BCUT2D eigenvalue weighted by Gasteiger charge is -2.21. The second-order valence-corrected chi connectivity index (χ2v) is 5.30. The van der Waals surface area contributed by atoms with Crippen LogP contribution in [0.15, 0.2) is 28.9 Å². The summed E-state index contributed by atoms with van der Waals surface area (Å²) >= 11 is 3.50. The lowest BCUT2D eigenvalue weighted by atomic mass is 9.90. The van der Waals surface area contributed by atoms with E-state index in [1.165, 1.54) is 0 Å². The van der Waals surface area contributed by atoms with E-state index in [-0.39, 0.29) is 17.7 Å². The number of piperidine rings is 1. The van der Waals surface area contributed by atoms with Gasteiger partial charge in [0.15, 0.2) is 0 Å². The quantitative estimate of drug-likeness (QED) is 0.795. The van der Waals surface area contributed by atoms with Gasteiger partial charge in [0.2, 0.25) is 11.8 Å². The largest absolute Gasteiger partial charge is 0.360 e. The third-order valence-electron chi connectivity index (χ3n) is 3.28. The first kappa shape index (κ1) is 11.5. The first-order valence-electron chi connectivity index (χ1n) is 5.75. The van der Waals surface area contributed by atoms with E-state index in [0.717, 1.165) is 20.9 Å². The van der Waals surface area contributed by atoms with Gasteiger partial charge in [-0.15, -0.1) is 0 Å². The molecule has 3 rings (SSSR count). The number of hydrogen-bond donors (Lipinski definition) is 2. The maximum absolute atomic E-state index is 11.8. The highest BCUT2D eigenvalue weighted by molar-refractivity contribution is 9.10. The van der Waals surface area contributed by atoms with E-state index in [2.05, 4.69) is 26.2 Å². The number of H-pyrrole nitrogens is 1. The van der Waals surface area contributed by atoms with Crippen LogP contribution in [0.5, 0.6) is 0 Å². The van der Waals surface area contributed by atoms with Crippen molar-refractivity contribution >= 4 is 38.6 Å². The number of amides is 2. The van der Waals surface area contributed by atoms with Crippen molar-refractivity contribution in [2.24, 2.45) is 0 Å². The molecule has 2 N–H and O–H groups in total. The zero-order chi connectivity index (χ0) is 12.7. The van der Waals surface area contributed by atoms with E-state index in [4.69, 9.17) is 0 Å². The van der Waals surface area contributed by atoms with Crippen molar-refractivity contribution in [3.05, 3.63) is 34.4 Å². The van der Waals surface area contributed by atoms with Gasteiger partial charge < -0.3 is 4.98 Å². The number of carbonyl (C=O) groups is 2. The normalized spacial score (nSPS) is 20.2.